The number of thiophene rings is 1. The molecule has 0 aliphatic carbocycles. The van der Waals surface area contributed by atoms with Crippen LogP contribution in [0.2, 0.25) is 0 Å². The Morgan fingerprint density at radius 1 is 1.67 bits per heavy atom. The van der Waals surface area contributed by atoms with Crippen molar-refractivity contribution in [3.8, 4) is 0 Å². The summed E-state index contributed by atoms with van der Waals surface area (Å²) < 4.78 is 0. The maximum atomic E-state index is 10.6. The second-order valence-electron chi connectivity index (χ2n) is 3.21. The van der Waals surface area contributed by atoms with Crippen molar-refractivity contribution >= 4 is 17.6 Å². The Bertz CT molecular complexity index is 305. The van der Waals surface area contributed by atoms with E-state index in [1.807, 2.05) is 0 Å². The fourth-order valence-electron chi connectivity index (χ4n) is 1.58. The molecule has 3 heteroatoms. The van der Waals surface area contributed by atoms with Gasteiger partial charge in [0.05, 0.1) is 4.88 Å². The smallest absolute Gasteiger partial charge is 0.160 e. The third-order valence-electron chi connectivity index (χ3n) is 2.31. The van der Waals surface area contributed by atoms with E-state index in [1.165, 1.54) is 11.1 Å². The molecule has 0 atom stereocenters. The van der Waals surface area contributed by atoms with Gasteiger partial charge in [0, 0.05) is 13.1 Å². The Morgan fingerprint density at radius 3 is 3.25 bits per heavy atom. The highest BCUT2D eigenvalue weighted by Crippen LogP contribution is 2.26. The summed E-state index contributed by atoms with van der Waals surface area (Å²) in [5.74, 6) is 0. The lowest BCUT2D eigenvalue weighted by Crippen LogP contribution is -2.26. The first-order valence-corrected chi connectivity index (χ1v) is 4.92. The zero-order valence-corrected chi connectivity index (χ0v) is 7.86. The summed E-state index contributed by atoms with van der Waals surface area (Å²) >= 11 is 1.57. The van der Waals surface area contributed by atoms with E-state index in [9.17, 15) is 4.79 Å². The monoisotopic (exact) mass is 181 g/mol. The first kappa shape index (κ1) is 7.95. The molecule has 0 amide bonds. The molecule has 2 rings (SSSR count). The summed E-state index contributed by atoms with van der Waals surface area (Å²) in [6.07, 6.45) is 2.07. The number of fused-ring (bicyclic) bond motifs is 1. The molecule has 0 saturated carbocycles. The summed E-state index contributed by atoms with van der Waals surface area (Å²) in [5, 5.41) is 2.12. The van der Waals surface area contributed by atoms with Gasteiger partial charge in [-0.1, -0.05) is 0 Å². The van der Waals surface area contributed by atoms with Crippen LogP contribution in [0, 0.1) is 0 Å². The van der Waals surface area contributed by atoms with Crippen LogP contribution in [0.3, 0.4) is 0 Å². The highest BCUT2D eigenvalue weighted by Gasteiger charge is 2.17. The van der Waals surface area contributed by atoms with Crippen LogP contribution >= 0.6 is 11.3 Å². The Kier molecular flexibility index (Phi) is 1.98. The molecule has 1 aromatic heterocycles. The van der Waals surface area contributed by atoms with Crippen molar-refractivity contribution in [2.75, 3.05) is 13.6 Å². The molecule has 0 aromatic carbocycles. The number of carbonyl (C=O) groups excluding carboxylic acids is 1. The lowest BCUT2D eigenvalue weighted by molar-refractivity contribution is 0.112. The molecule has 0 radical (unpaired) electrons. The highest BCUT2D eigenvalue weighted by molar-refractivity contribution is 7.12. The number of aldehydes is 1. The highest BCUT2D eigenvalue weighted by atomic mass is 32.1. The van der Waals surface area contributed by atoms with Gasteiger partial charge in [-0.05, 0) is 30.0 Å². The zero-order chi connectivity index (χ0) is 8.55. The van der Waals surface area contributed by atoms with Crippen LogP contribution in [0.1, 0.15) is 20.8 Å². The van der Waals surface area contributed by atoms with Crippen LogP contribution in [-0.4, -0.2) is 24.8 Å². The Morgan fingerprint density at radius 2 is 2.50 bits per heavy atom. The van der Waals surface area contributed by atoms with Gasteiger partial charge in [-0.25, -0.2) is 0 Å². The zero-order valence-electron chi connectivity index (χ0n) is 7.04. The number of nitrogens with zero attached hydrogens (tertiary/aromatic N) is 1. The minimum atomic E-state index is 0.913. The topological polar surface area (TPSA) is 20.3 Å². The molecule has 0 spiro atoms. The maximum Gasteiger partial charge on any atom is 0.160 e. The first-order valence-electron chi connectivity index (χ1n) is 4.04. The Hall–Kier alpha value is -0.670. The fraction of sp³-hybridized carbons (Fsp3) is 0.444. The number of carbonyl (C=O) groups is 1. The van der Waals surface area contributed by atoms with E-state index < -0.39 is 0 Å². The molecule has 2 nitrogen and oxygen atoms in total. The van der Waals surface area contributed by atoms with Gasteiger partial charge in [-0.3, -0.25) is 4.79 Å². The van der Waals surface area contributed by atoms with Crippen LogP contribution in [-0.2, 0) is 13.0 Å². The standard InChI is InChI=1S/C9H11NOS/c1-10-3-2-7-6-12-9(5-11)8(7)4-10/h5-6H,2-4H2,1H3. The fourth-order valence-corrected chi connectivity index (χ4v) is 2.51. The van der Waals surface area contributed by atoms with Crippen molar-refractivity contribution in [2.24, 2.45) is 0 Å². The van der Waals surface area contributed by atoms with E-state index in [2.05, 4.69) is 17.3 Å². The molecule has 0 N–H and O–H groups in total. The van der Waals surface area contributed by atoms with Crippen molar-refractivity contribution in [3.05, 3.63) is 21.4 Å². The lowest BCUT2D eigenvalue weighted by Gasteiger charge is -2.22. The van der Waals surface area contributed by atoms with E-state index in [0.717, 1.165) is 30.7 Å². The SMILES string of the molecule is CN1CCc2csc(C=O)c2C1. The van der Waals surface area contributed by atoms with Gasteiger partial charge in [-0.2, -0.15) is 0 Å². The first-order chi connectivity index (χ1) is 5.81. The van der Waals surface area contributed by atoms with Gasteiger partial charge in [-0.15, -0.1) is 11.3 Å². The normalized spacial score (nSPS) is 17.4. The summed E-state index contributed by atoms with van der Waals surface area (Å²) in [4.78, 5) is 13.8. The van der Waals surface area contributed by atoms with Crippen molar-refractivity contribution in [1.29, 1.82) is 0 Å². The lowest BCUT2D eigenvalue weighted by atomic mass is 10.0. The molecular weight excluding hydrogens is 170 g/mol. The Labute approximate surface area is 75.8 Å². The molecule has 1 aliphatic rings. The van der Waals surface area contributed by atoms with Gasteiger partial charge in [0.25, 0.3) is 0 Å². The van der Waals surface area contributed by atoms with Gasteiger partial charge < -0.3 is 4.90 Å². The minimum absolute atomic E-state index is 0.913. The summed E-state index contributed by atoms with van der Waals surface area (Å²) in [6, 6.07) is 0. The molecule has 0 unspecified atom stereocenters. The number of hydrogen-bond acceptors (Lipinski definition) is 3. The summed E-state index contributed by atoms with van der Waals surface area (Å²) in [6.45, 7) is 2.05. The van der Waals surface area contributed by atoms with Crippen LogP contribution in [0.5, 0.6) is 0 Å². The van der Waals surface area contributed by atoms with Crippen LogP contribution in [0.15, 0.2) is 5.38 Å². The van der Waals surface area contributed by atoms with Gasteiger partial charge in [0.1, 0.15) is 0 Å². The quantitative estimate of drug-likeness (QED) is 0.613. The molecule has 0 bridgehead atoms. The molecular formula is C9H11NOS. The van der Waals surface area contributed by atoms with Crippen molar-refractivity contribution < 1.29 is 4.79 Å². The second-order valence-corrected chi connectivity index (χ2v) is 4.12. The van der Waals surface area contributed by atoms with Gasteiger partial charge in [0.2, 0.25) is 0 Å². The number of rotatable bonds is 1. The molecule has 12 heavy (non-hydrogen) atoms. The maximum absolute atomic E-state index is 10.6. The van der Waals surface area contributed by atoms with E-state index >= 15 is 0 Å². The van der Waals surface area contributed by atoms with Gasteiger partial charge >= 0.3 is 0 Å². The third-order valence-corrected chi connectivity index (χ3v) is 3.31. The average Bonchev–Trinajstić information content (AvgIpc) is 2.46. The predicted octanol–water partition coefficient (Wildman–Crippen LogP) is 1.55. The molecule has 1 aliphatic heterocycles. The molecule has 64 valence electrons. The van der Waals surface area contributed by atoms with Crippen molar-refractivity contribution in [1.82, 2.24) is 4.90 Å². The second kappa shape index (κ2) is 2.99. The predicted molar refractivity (Wildman–Crippen MR) is 49.7 cm³/mol. The minimum Gasteiger partial charge on any atom is -0.302 e. The van der Waals surface area contributed by atoms with Crippen molar-refractivity contribution in [2.45, 2.75) is 13.0 Å². The molecule has 0 fully saturated rings. The van der Waals surface area contributed by atoms with E-state index in [4.69, 9.17) is 0 Å². The number of likely N-dealkylation sites (N-methyl/N-ethyl adjacent to an activating group) is 1. The van der Waals surface area contributed by atoms with Gasteiger partial charge in [0.15, 0.2) is 6.29 Å². The summed E-state index contributed by atoms with van der Waals surface area (Å²) in [5.41, 5.74) is 2.63. The largest absolute Gasteiger partial charge is 0.302 e. The molecule has 2 heterocycles. The average molecular weight is 181 g/mol. The molecule has 1 aromatic rings. The van der Waals surface area contributed by atoms with Crippen LogP contribution in [0.25, 0.3) is 0 Å². The van der Waals surface area contributed by atoms with E-state index in [-0.39, 0.29) is 0 Å². The molecule has 0 saturated heterocycles. The van der Waals surface area contributed by atoms with Crippen LogP contribution in [0.4, 0.5) is 0 Å². The van der Waals surface area contributed by atoms with E-state index in [1.54, 1.807) is 11.3 Å². The summed E-state index contributed by atoms with van der Waals surface area (Å²) in [7, 11) is 2.09. The van der Waals surface area contributed by atoms with Crippen molar-refractivity contribution in [3.63, 3.8) is 0 Å². The van der Waals surface area contributed by atoms with E-state index in [0.29, 0.717) is 0 Å². The number of hydrogen-bond donors (Lipinski definition) is 0. The Balaban J connectivity index is 2.40. The van der Waals surface area contributed by atoms with Crippen LogP contribution < -0.4 is 0 Å². The third kappa shape index (κ3) is 1.19.